The number of fused-ring (bicyclic) bond motifs is 1. The topological polar surface area (TPSA) is 134 Å². The third-order valence-corrected chi connectivity index (χ3v) is 5.99. The van der Waals surface area contributed by atoms with E-state index in [0.717, 1.165) is 11.1 Å². The summed E-state index contributed by atoms with van der Waals surface area (Å²) in [5, 5.41) is 26.5. The van der Waals surface area contributed by atoms with Gasteiger partial charge < -0.3 is 14.8 Å². The van der Waals surface area contributed by atoms with E-state index in [0.29, 0.717) is 39.4 Å². The third-order valence-electron chi connectivity index (χ3n) is 5.99. The number of nitriles is 1. The molecule has 0 saturated carbocycles. The molecule has 0 aliphatic carbocycles. The highest BCUT2D eigenvalue weighted by molar-refractivity contribution is 5.94. The Morgan fingerprint density at radius 3 is 2.70 bits per heavy atom. The Bertz CT molecular complexity index is 1750. The number of pyridine rings is 1. The van der Waals surface area contributed by atoms with Crippen LogP contribution in [0.3, 0.4) is 0 Å². The number of carboxylic acids is 1. The van der Waals surface area contributed by atoms with Gasteiger partial charge in [-0.1, -0.05) is 18.2 Å². The standard InChI is InChI=1S/C28H21N5O4/c1-16-9-22(17(2)32-24-6-4-3-5-21(24)28(35)36)27-23(10-16)25(34)11-26(37-27)18-13-31-33(15-18)20-8-7-19(12-29)30-14-20/h3-11,13-15,17,32H,1-2H3,(H,35,36). The predicted octanol–water partition coefficient (Wildman–Crippen LogP) is 5.09. The van der Waals surface area contributed by atoms with E-state index in [2.05, 4.69) is 15.4 Å². The Morgan fingerprint density at radius 2 is 1.97 bits per heavy atom. The highest BCUT2D eigenvalue weighted by atomic mass is 16.4. The molecule has 1 atom stereocenters. The fourth-order valence-corrected chi connectivity index (χ4v) is 4.18. The molecule has 5 aromatic rings. The molecule has 3 heterocycles. The van der Waals surface area contributed by atoms with Gasteiger partial charge in [-0.15, -0.1) is 0 Å². The smallest absolute Gasteiger partial charge is 0.337 e. The number of aromatic nitrogens is 3. The minimum Gasteiger partial charge on any atom is -0.478 e. The molecular weight excluding hydrogens is 470 g/mol. The zero-order valence-corrected chi connectivity index (χ0v) is 20.0. The molecule has 2 aromatic carbocycles. The average molecular weight is 492 g/mol. The van der Waals surface area contributed by atoms with Gasteiger partial charge in [0.05, 0.1) is 40.6 Å². The van der Waals surface area contributed by atoms with Crippen molar-refractivity contribution in [2.24, 2.45) is 0 Å². The minimum absolute atomic E-state index is 0.151. The summed E-state index contributed by atoms with van der Waals surface area (Å²) in [7, 11) is 0. The maximum Gasteiger partial charge on any atom is 0.337 e. The number of anilines is 1. The van der Waals surface area contributed by atoms with E-state index in [1.165, 1.54) is 18.3 Å². The Hall–Kier alpha value is -5.23. The van der Waals surface area contributed by atoms with Gasteiger partial charge >= 0.3 is 5.97 Å². The number of nitrogens with zero attached hydrogens (tertiary/aromatic N) is 4. The molecule has 2 N–H and O–H groups in total. The molecule has 9 nitrogen and oxygen atoms in total. The summed E-state index contributed by atoms with van der Waals surface area (Å²) in [6.07, 6.45) is 4.84. The summed E-state index contributed by atoms with van der Waals surface area (Å²) in [6.45, 7) is 3.78. The third kappa shape index (κ3) is 4.56. The summed E-state index contributed by atoms with van der Waals surface area (Å²) in [5.41, 5.74) is 3.97. The van der Waals surface area contributed by atoms with E-state index in [1.54, 1.807) is 53.5 Å². The zero-order valence-electron chi connectivity index (χ0n) is 20.0. The lowest BCUT2D eigenvalue weighted by Gasteiger charge is -2.19. The van der Waals surface area contributed by atoms with E-state index < -0.39 is 5.97 Å². The van der Waals surface area contributed by atoms with Gasteiger partial charge in [-0.25, -0.2) is 14.5 Å². The van der Waals surface area contributed by atoms with Gasteiger partial charge in [-0.3, -0.25) is 4.79 Å². The Labute approximate surface area is 211 Å². The maximum absolute atomic E-state index is 13.1. The molecule has 0 aliphatic heterocycles. The quantitative estimate of drug-likeness (QED) is 0.335. The molecule has 0 amide bonds. The fourth-order valence-electron chi connectivity index (χ4n) is 4.18. The van der Waals surface area contributed by atoms with Crippen LogP contribution in [0.2, 0.25) is 0 Å². The first-order chi connectivity index (χ1) is 17.8. The lowest BCUT2D eigenvalue weighted by Crippen LogP contribution is -2.12. The number of rotatable bonds is 6. The van der Waals surface area contributed by atoms with E-state index in [1.807, 2.05) is 26.0 Å². The molecule has 0 saturated heterocycles. The number of aromatic carboxylic acids is 1. The van der Waals surface area contributed by atoms with E-state index in [-0.39, 0.29) is 17.0 Å². The van der Waals surface area contributed by atoms with Crippen molar-refractivity contribution in [1.82, 2.24) is 14.8 Å². The summed E-state index contributed by atoms with van der Waals surface area (Å²) in [6, 6.07) is 16.7. The van der Waals surface area contributed by atoms with Crippen LogP contribution in [0, 0.1) is 18.3 Å². The number of carboxylic acid groups (broad SMARTS) is 1. The van der Waals surface area contributed by atoms with Gasteiger partial charge in [0.25, 0.3) is 0 Å². The van der Waals surface area contributed by atoms with Crippen LogP contribution >= 0.6 is 0 Å². The van der Waals surface area contributed by atoms with E-state index in [4.69, 9.17) is 9.68 Å². The van der Waals surface area contributed by atoms with Crippen LogP contribution in [-0.4, -0.2) is 25.8 Å². The van der Waals surface area contributed by atoms with Crippen molar-refractivity contribution >= 4 is 22.6 Å². The molecule has 9 heteroatoms. The van der Waals surface area contributed by atoms with Crippen LogP contribution in [0.15, 0.2) is 82.4 Å². The van der Waals surface area contributed by atoms with Crippen molar-refractivity contribution in [3.63, 3.8) is 0 Å². The van der Waals surface area contributed by atoms with Crippen LogP contribution in [0.25, 0.3) is 28.0 Å². The molecule has 1 unspecified atom stereocenters. The number of nitrogens with one attached hydrogen (secondary N) is 1. The van der Waals surface area contributed by atoms with Crippen molar-refractivity contribution < 1.29 is 14.3 Å². The number of para-hydroxylation sites is 1. The molecule has 182 valence electrons. The first kappa shape index (κ1) is 23.5. The summed E-state index contributed by atoms with van der Waals surface area (Å²) >= 11 is 0. The molecule has 37 heavy (non-hydrogen) atoms. The minimum atomic E-state index is -1.03. The second-order valence-electron chi connectivity index (χ2n) is 8.61. The van der Waals surface area contributed by atoms with E-state index >= 15 is 0 Å². The zero-order chi connectivity index (χ0) is 26.1. The van der Waals surface area contributed by atoms with Crippen LogP contribution in [0.5, 0.6) is 0 Å². The lowest BCUT2D eigenvalue weighted by molar-refractivity contribution is 0.0698. The van der Waals surface area contributed by atoms with Crippen molar-refractivity contribution in [2.75, 3.05) is 5.32 Å². The monoisotopic (exact) mass is 491 g/mol. The van der Waals surface area contributed by atoms with Crippen molar-refractivity contribution in [3.05, 3.63) is 106 Å². The molecule has 0 spiro atoms. The molecule has 3 aromatic heterocycles. The lowest BCUT2D eigenvalue weighted by atomic mass is 10.0. The Balaban J connectivity index is 1.56. The molecular formula is C28H21N5O4. The summed E-state index contributed by atoms with van der Waals surface area (Å²) in [4.78, 5) is 28.8. The Morgan fingerprint density at radius 1 is 1.16 bits per heavy atom. The van der Waals surface area contributed by atoms with Gasteiger partial charge in [0.2, 0.25) is 0 Å². The molecule has 0 fully saturated rings. The largest absolute Gasteiger partial charge is 0.478 e. The molecule has 5 rings (SSSR count). The highest BCUT2D eigenvalue weighted by Crippen LogP contribution is 2.31. The number of aryl methyl sites for hydroxylation is 1. The SMILES string of the molecule is Cc1cc(C(C)Nc2ccccc2C(=O)O)c2oc(-c3cnn(-c4ccc(C#N)nc4)c3)cc(=O)c2c1. The first-order valence-corrected chi connectivity index (χ1v) is 11.4. The number of benzene rings is 2. The average Bonchev–Trinajstić information content (AvgIpc) is 3.39. The predicted molar refractivity (Wildman–Crippen MR) is 138 cm³/mol. The molecule has 0 bridgehead atoms. The molecule has 0 radical (unpaired) electrons. The number of hydrogen-bond donors (Lipinski definition) is 2. The van der Waals surface area contributed by atoms with Crippen molar-refractivity contribution in [2.45, 2.75) is 19.9 Å². The second-order valence-corrected chi connectivity index (χ2v) is 8.61. The maximum atomic E-state index is 13.1. The summed E-state index contributed by atoms with van der Waals surface area (Å²) in [5.74, 6) is -0.693. The van der Waals surface area contributed by atoms with Crippen molar-refractivity contribution in [1.29, 1.82) is 5.26 Å². The van der Waals surface area contributed by atoms with Gasteiger partial charge in [0, 0.05) is 23.5 Å². The van der Waals surface area contributed by atoms with Crippen LogP contribution < -0.4 is 10.7 Å². The Kier molecular flexibility index (Phi) is 5.99. The number of hydrogen-bond acceptors (Lipinski definition) is 7. The molecule has 0 aliphatic rings. The van der Waals surface area contributed by atoms with Gasteiger partial charge in [-0.2, -0.15) is 10.4 Å². The highest BCUT2D eigenvalue weighted by Gasteiger charge is 2.19. The van der Waals surface area contributed by atoms with Gasteiger partial charge in [-0.05, 0) is 49.7 Å². The normalized spacial score (nSPS) is 11.7. The van der Waals surface area contributed by atoms with Crippen molar-refractivity contribution in [3.8, 4) is 23.1 Å². The van der Waals surface area contributed by atoms with Crippen LogP contribution in [-0.2, 0) is 0 Å². The van der Waals surface area contributed by atoms with Gasteiger partial charge in [0.15, 0.2) is 5.43 Å². The number of carbonyl (C=O) groups is 1. The van der Waals surface area contributed by atoms with E-state index in [9.17, 15) is 14.7 Å². The van der Waals surface area contributed by atoms with Crippen LogP contribution in [0.4, 0.5) is 5.69 Å². The first-order valence-electron chi connectivity index (χ1n) is 11.4. The van der Waals surface area contributed by atoms with Gasteiger partial charge in [0.1, 0.15) is 23.1 Å². The second kappa shape index (κ2) is 9.43. The fraction of sp³-hybridized carbons (Fsp3) is 0.107. The van der Waals surface area contributed by atoms with Crippen LogP contribution in [0.1, 0.15) is 40.1 Å². The summed E-state index contributed by atoms with van der Waals surface area (Å²) < 4.78 is 7.85.